The van der Waals surface area contributed by atoms with E-state index in [0.29, 0.717) is 13.2 Å². The Balaban J connectivity index is 1.77. The fraction of sp³-hybridized carbons (Fsp3) is 0.667. The average Bonchev–Trinajstić information content (AvgIpc) is 2.48. The van der Waals surface area contributed by atoms with Crippen LogP contribution in [0, 0.1) is 20.8 Å². The number of ether oxygens (including phenoxy) is 1. The van der Waals surface area contributed by atoms with Crippen LogP contribution in [0.3, 0.4) is 0 Å². The van der Waals surface area contributed by atoms with Gasteiger partial charge in [0, 0.05) is 39.3 Å². The van der Waals surface area contributed by atoms with E-state index in [9.17, 15) is 5.11 Å². The third-order valence-electron chi connectivity index (χ3n) is 4.37. The Morgan fingerprint density at radius 1 is 1.04 bits per heavy atom. The predicted octanol–water partition coefficient (Wildman–Crippen LogP) is 0.961. The Kier molecular flexibility index (Phi) is 6.84. The molecule has 1 fully saturated rings. The van der Waals surface area contributed by atoms with Crippen molar-refractivity contribution in [3.05, 3.63) is 28.8 Å². The number of aliphatic hydroxyl groups is 2. The molecule has 0 aliphatic carbocycles. The van der Waals surface area contributed by atoms with E-state index in [1.807, 2.05) is 13.8 Å². The van der Waals surface area contributed by atoms with E-state index in [2.05, 4.69) is 28.9 Å². The number of β-amino-alcohol motifs (C(OH)–C–C–N with tert-alkyl or cyclic N) is 2. The predicted molar refractivity (Wildman–Crippen MR) is 92.1 cm³/mol. The van der Waals surface area contributed by atoms with Gasteiger partial charge in [-0.1, -0.05) is 17.7 Å². The molecular formula is C18H30N2O3. The molecule has 1 atom stereocenters. The molecule has 130 valence electrons. The van der Waals surface area contributed by atoms with Gasteiger partial charge < -0.3 is 14.9 Å². The molecule has 5 heteroatoms. The standard InChI is InChI=1S/C18H30N2O3/c1-14-10-15(2)18(16(3)11-14)23-13-17(22)12-20-6-4-19(5-7-20)8-9-21/h10-11,17,21-22H,4-9,12-13H2,1-3H3/t17-/m0/s1. The van der Waals surface area contributed by atoms with E-state index >= 15 is 0 Å². The van der Waals surface area contributed by atoms with Gasteiger partial charge in [0.05, 0.1) is 6.61 Å². The Morgan fingerprint density at radius 2 is 1.61 bits per heavy atom. The van der Waals surface area contributed by atoms with E-state index in [0.717, 1.165) is 49.6 Å². The summed E-state index contributed by atoms with van der Waals surface area (Å²) in [5.41, 5.74) is 3.47. The minimum atomic E-state index is -0.487. The average molecular weight is 322 g/mol. The second kappa shape index (κ2) is 8.64. The van der Waals surface area contributed by atoms with Gasteiger partial charge in [-0.05, 0) is 31.9 Å². The van der Waals surface area contributed by atoms with Crippen LogP contribution >= 0.6 is 0 Å². The number of nitrogens with zero attached hydrogens (tertiary/aromatic N) is 2. The molecule has 23 heavy (non-hydrogen) atoms. The summed E-state index contributed by atoms with van der Waals surface area (Å²) in [5.74, 6) is 0.891. The lowest BCUT2D eigenvalue weighted by molar-refractivity contribution is 0.0425. The summed E-state index contributed by atoms with van der Waals surface area (Å²) in [7, 11) is 0. The quantitative estimate of drug-likeness (QED) is 0.783. The summed E-state index contributed by atoms with van der Waals surface area (Å²) in [6.45, 7) is 11.8. The molecule has 1 aromatic carbocycles. The normalized spacial score (nSPS) is 18.1. The zero-order valence-electron chi connectivity index (χ0n) is 14.6. The van der Waals surface area contributed by atoms with Crippen molar-refractivity contribution < 1.29 is 14.9 Å². The van der Waals surface area contributed by atoms with Crippen LogP contribution in [-0.4, -0.2) is 78.6 Å². The first-order valence-corrected chi connectivity index (χ1v) is 8.44. The third kappa shape index (κ3) is 5.46. The second-order valence-electron chi connectivity index (χ2n) is 6.56. The van der Waals surface area contributed by atoms with Gasteiger partial charge in [-0.15, -0.1) is 0 Å². The molecule has 1 aliphatic heterocycles. The maximum absolute atomic E-state index is 10.2. The third-order valence-corrected chi connectivity index (χ3v) is 4.37. The van der Waals surface area contributed by atoms with E-state index in [4.69, 9.17) is 9.84 Å². The lowest BCUT2D eigenvalue weighted by Gasteiger charge is -2.35. The molecule has 5 nitrogen and oxygen atoms in total. The largest absolute Gasteiger partial charge is 0.490 e. The summed E-state index contributed by atoms with van der Waals surface area (Å²) < 4.78 is 5.87. The number of benzene rings is 1. The lowest BCUT2D eigenvalue weighted by atomic mass is 10.1. The molecule has 0 unspecified atom stereocenters. The highest BCUT2D eigenvalue weighted by molar-refractivity contribution is 5.42. The van der Waals surface area contributed by atoms with E-state index in [1.54, 1.807) is 0 Å². The molecule has 0 aromatic heterocycles. The summed E-state index contributed by atoms with van der Waals surface area (Å²) in [4.78, 5) is 4.51. The Hall–Kier alpha value is -1.14. The van der Waals surface area contributed by atoms with Crippen molar-refractivity contribution in [3.63, 3.8) is 0 Å². The van der Waals surface area contributed by atoms with Crippen LogP contribution in [0.5, 0.6) is 5.75 Å². The fourth-order valence-electron chi connectivity index (χ4n) is 3.26. The molecule has 0 saturated carbocycles. The van der Waals surface area contributed by atoms with Crippen molar-refractivity contribution in [1.29, 1.82) is 0 Å². The highest BCUT2D eigenvalue weighted by atomic mass is 16.5. The molecule has 2 rings (SSSR count). The highest BCUT2D eigenvalue weighted by Crippen LogP contribution is 2.24. The van der Waals surface area contributed by atoms with Crippen LogP contribution in [0.15, 0.2) is 12.1 Å². The monoisotopic (exact) mass is 322 g/mol. The molecule has 0 amide bonds. The molecule has 0 bridgehead atoms. The number of hydrogen-bond donors (Lipinski definition) is 2. The molecule has 1 heterocycles. The van der Waals surface area contributed by atoms with Gasteiger partial charge in [-0.3, -0.25) is 9.80 Å². The molecule has 1 saturated heterocycles. The van der Waals surface area contributed by atoms with Crippen LogP contribution in [-0.2, 0) is 0 Å². The van der Waals surface area contributed by atoms with Crippen molar-refractivity contribution in [2.45, 2.75) is 26.9 Å². The summed E-state index contributed by atoms with van der Waals surface area (Å²) >= 11 is 0. The minimum Gasteiger partial charge on any atom is -0.490 e. The summed E-state index contributed by atoms with van der Waals surface area (Å²) in [6, 6.07) is 4.21. The highest BCUT2D eigenvalue weighted by Gasteiger charge is 2.19. The van der Waals surface area contributed by atoms with Gasteiger partial charge in [0.2, 0.25) is 0 Å². The Morgan fingerprint density at radius 3 is 2.17 bits per heavy atom. The zero-order valence-corrected chi connectivity index (χ0v) is 14.6. The molecule has 2 N–H and O–H groups in total. The first-order chi connectivity index (χ1) is 11.0. The molecule has 1 aliphatic rings. The summed E-state index contributed by atoms with van der Waals surface area (Å²) in [6.07, 6.45) is -0.487. The molecule has 0 spiro atoms. The van der Waals surface area contributed by atoms with Gasteiger partial charge in [0.1, 0.15) is 18.5 Å². The number of aryl methyl sites for hydroxylation is 3. The van der Waals surface area contributed by atoms with Gasteiger partial charge in [-0.25, -0.2) is 0 Å². The smallest absolute Gasteiger partial charge is 0.125 e. The van der Waals surface area contributed by atoms with Crippen molar-refractivity contribution in [2.75, 3.05) is 52.5 Å². The van der Waals surface area contributed by atoms with Gasteiger partial charge >= 0.3 is 0 Å². The Bertz CT molecular complexity index is 476. The van der Waals surface area contributed by atoms with Crippen molar-refractivity contribution >= 4 is 0 Å². The maximum atomic E-state index is 10.2. The van der Waals surface area contributed by atoms with Crippen LogP contribution < -0.4 is 4.74 Å². The SMILES string of the molecule is Cc1cc(C)c(OC[C@@H](O)CN2CCN(CCO)CC2)c(C)c1. The summed E-state index contributed by atoms with van der Waals surface area (Å²) in [5, 5.41) is 19.2. The number of aliphatic hydroxyl groups excluding tert-OH is 2. The first-order valence-electron chi connectivity index (χ1n) is 8.44. The number of piperazine rings is 1. The van der Waals surface area contributed by atoms with E-state index in [-0.39, 0.29) is 6.61 Å². The van der Waals surface area contributed by atoms with E-state index < -0.39 is 6.10 Å². The molecular weight excluding hydrogens is 292 g/mol. The van der Waals surface area contributed by atoms with E-state index in [1.165, 1.54) is 5.56 Å². The maximum Gasteiger partial charge on any atom is 0.125 e. The second-order valence-corrected chi connectivity index (χ2v) is 6.56. The first kappa shape index (κ1) is 18.2. The minimum absolute atomic E-state index is 0.214. The van der Waals surface area contributed by atoms with Crippen LogP contribution in [0.1, 0.15) is 16.7 Å². The van der Waals surface area contributed by atoms with Crippen LogP contribution in [0.25, 0.3) is 0 Å². The Labute approximate surface area is 139 Å². The van der Waals surface area contributed by atoms with Gasteiger partial charge in [0.15, 0.2) is 0 Å². The topological polar surface area (TPSA) is 56.2 Å². The number of hydrogen-bond acceptors (Lipinski definition) is 5. The van der Waals surface area contributed by atoms with Gasteiger partial charge in [-0.2, -0.15) is 0 Å². The van der Waals surface area contributed by atoms with Crippen LogP contribution in [0.2, 0.25) is 0 Å². The molecule has 0 radical (unpaired) electrons. The molecule has 1 aromatic rings. The van der Waals surface area contributed by atoms with Crippen molar-refractivity contribution in [2.24, 2.45) is 0 Å². The number of rotatable bonds is 7. The fourth-order valence-corrected chi connectivity index (χ4v) is 3.26. The van der Waals surface area contributed by atoms with Crippen molar-refractivity contribution in [3.8, 4) is 5.75 Å². The zero-order chi connectivity index (χ0) is 16.8. The van der Waals surface area contributed by atoms with Crippen LogP contribution in [0.4, 0.5) is 0 Å². The van der Waals surface area contributed by atoms with Gasteiger partial charge in [0.25, 0.3) is 0 Å². The van der Waals surface area contributed by atoms with Crippen molar-refractivity contribution in [1.82, 2.24) is 9.80 Å². The lowest BCUT2D eigenvalue weighted by Crippen LogP contribution is -2.49.